The largest absolute Gasteiger partial charge is 0.465 e. The molecule has 0 spiro atoms. The molecule has 1 heterocycles. The summed E-state index contributed by atoms with van der Waals surface area (Å²) in [5.41, 5.74) is 5.17. The van der Waals surface area contributed by atoms with E-state index in [1.807, 2.05) is 6.92 Å². The molecule has 20 heavy (non-hydrogen) atoms. The average molecular weight is 285 g/mol. The summed E-state index contributed by atoms with van der Waals surface area (Å²) in [5, 5.41) is 0. The smallest absolute Gasteiger partial charge is 0.325 e. The number of esters is 1. The first kappa shape index (κ1) is 17.4. The van der Waals surface area contributed by atoms with Crippen LogP contribution in [0.4, 0.5) is 0 Å². The van der Waals surface area contributed by atoms with Crippen molar-refractivity contribution in [1.82, 2.24) is 9.80 Å². The highest BCUT2D eigenvalue weighted by Gasteiger charge is 2.29. The second kappa shape index (κ2) is 8.60. The van der Waals surface area contributed by atoms with Crippen molar-refractivity contribution >= 4 is 5.97 Å². The summed E-state index contributed by atoms with van der Waals surface area (Å²) in [5.74, 6) is -0.281. The standard InChI is InChI=1S/C15H31N3O2/c1-4-17-10-12-18(13-11-17)9-7-6-8-15(3,16)14(19)20-5-2/h4-13,16H2,1-3H3. The van der Waals surface area contributed by atoms with Gasteiger partial charge in [0.2, 0.25) is 0 Å². The van der Waals surface area contributed by atoms with E-state index in [9.17, 15) is 4.79 Å². The van der Waals surface area contributed by atoms with Gasteiger partial charge in [-0.25, -0.2) is 0 Å². The van der Waals surface area contributed by atoms with E-state index in [0.717, 1.165) is 39.0 Å². The van der Waals surface area contributed by atoms with Crippen molar-refractivity contribution in [1.29, 1.82) is 0 Å². The van der Waals surface area contributed by atoms with Crippen LogP contribution in [0.2, 0.25) is 0 Å². The number of likely N-dealkylation sites (N-methyl/N-ethyl adjacent to an activating group) is 1. The Kier molecular flexibility index (Phi) is 7.48. The Bertz CT molecular complexity index is 287. The summed E-state index contributed by atoms with van der Waals surface area (Å²) in [6, 6.07) is 0. The van der Waals surface area contributed by atoms with Crippen LogP contribution in [-0.4, -0.2) is 67.2 Å². The first-order chi connectivity index (χ1) is 9.49. The van der Waals surface area contributed by atoms with E-state index in [1.54, 1.807) is 6.92 Å². The Morgan fingerprint density at radius 2 is 1.75 bits per heavy atom. The van der Waals surface area contributed by atoms with Gasteiger partial charge in [-0.2, -0.15) is 0 Å². The average Bonchev–Trinajstić information content (AvgIpc) is 2.44. The Balaban J connectivity index is 2.14. The SMILES string of the molecule is CCOC(=O)C(C)(N)CCCCN1CCN(CC)CC1. The molecule has 1 atom stereocenters. The van der Waals surface area contributed by atoms with Crippen LogP contribution in [0.25, 0.3) is 0 Å². The summed E-state index contributed by atoms with van der Waals surface area (Å²) in [6.07, 6.45) is 2.76. The number of nitrogens with zero attached hydrogens (tertiary/aromatic N) is 2. The summed E-state index contributed by atoms with van der Waals surface area (Å²) < 4.78 is 5.00. The molecule has 0 bridgehead atoms. The molecule has 2 N–H and O–H groups in total. The molecule has 0 aromatic carbocycles. The van der Waals surface area contributed by atoms with E-state index in [0.29, 0.717) is 13.0 Å². The first-order valence-electron chi connectivity index (χ1n) is 7.90. The van der Waals surface area contributed by atoms with Crippen molar-refractivity contribution in [2.45, 2.75) is 45.6 Å². The molecule has 1 rings (SSSR count). The Hall–Kier alpha value is -0.650. The van der Waals surface area contributed by atoms with Crippen LogP contribution in [0.5, 0.6) is 0 Å². The van der Waals surface area contributed by atoms with Gasteiger partial charge in [0.25, 0.3) is 0 Å². The molecule has 0 radical (unpaired) electrons. The topological polar surface area (TPSA) is 58.8 Å². The zero-order valence-corrected chi connectivity index (χ0v) is 13.4. The quantitative estimate of drug-likeness (QED) is 0.534. The van der Waals surface area contributed by atoms with Gasteiger partial charge in [0.05, 0.1) is 6.61 Å². The molecule has 0 saturated carbocycles. The molecule has 1 fully saturated rings. The highest BCUT2D eigenvalue weighted by atomic mass is 16.5. The molecule has 0 aromatic heterocycles. The highest BCUT2D eigenvalue weighted by molar-refractivity contribution is 5.79. The maximum Gasteiger partial charge on any atom is 0.325 e. The number of unbranched alkanes of at least 4 members (excludes halogenated alkanes) is 1. The van der Waals surface area contributed by atoms with Crippen LogP contribution >= 0.6 is 0 Å². The Labute approximate surface area is 123 Å². The van der Waals surface area contributed by atoms with Gasteiger partial charge in [0.1, 0.15) is 5.54 Å². The Morgan fingerprint density at radius 1 is 1.15 bits per heavy atom. The molecule has 0 amide bonds. The van der Waals surface area contributed by atoms with E-state index in [1.165, 1.54) is 13.1 Å². The minimum atomic E-state index is -0.836. The lowest BCUT2D eigenvalue weighted by Crippen LogP contribution is -2.47. The number of ether oxygens (including phenoxy) is 1. The van der Waals surface area contributed by atoms with Crippen molar-refractivity contribution in [2.24, 2.45) is 5.73 Å². The van der Waals surface area contributed by atoms with Gasteiger partial charge in [-0.1, -0.05) is 6.92 Å². The maximum absolute atomic E-state index is 11.7. The van der Waals surface area contributed by atoms with Crippen molar-refractivity contribution in [2.75, 3.05) is 45.9 Å². The van der Waals surface area contributed by atoms with Gasteiger partial charge in [0.15, 0.2) is 0 Å². The predicted octanol–water partition coefficient (Wildman–Crippen LogP) is 1.07. The van der Waals surface area contributed by atoms with Crippen LogP contribution in [-0.2, 0) is 9.53 Å². The van der Waals surface area contributed by atoms with Crippen LogP contribution in [0.15, 0.2) is 0 Å². The number of hydrogen-bond acceptors (Lipinski definition) is 5. The number of rotatable bonds is 8. The normalized spacial score (nSPS) is 20.6. The molecule has 1 aliphatic rings. The van der Waals surface area contributed by atoms with E-state index in [-0.39, 0.29) is 5.97 Å². The molecular formula is C15H31N3O2. The second-order valence-electron chi connectivity index (χ2n) is 5.87. The highest BCUT2D eigenvalue weighted by Crippen LogP contribution is 2.13. The van der Waals surface area contributed by atoms with Gasteiger partial charge in [0, 0.05) is 26.2 Å². The van der Waals surface area contributed by atoms with Crippen molar-refractivity contribution in [3.05, 3.63) is 0 Å². The van der Waals surface area contributed by atoms with E-state index in [2.05, 4.69) is 16.7 Å². The van der Waals surface area contributed by atoms with Crippen LogP contribution in [0, 0.1) is 0 Å². The summed E-state index contributed by atoms with van der Waals surface area (Å²) in [7, 11) is 0. The molecule has 0 aromatic rings. The van der Waals surface area contributed by atoms with Crippen LogP contribution in [0.3, 0.4) is 0 Å². The minimum Gasteiger partial charge on any atom is -0.465 e. The minimum absolute atomic E-state index is 0.281. The number of carbonyl (C=O) groups is 1. The lowest BCUT2D eigenvalue weighted by Gasteiger charge is -2.34. The van der Waals surface area contributed by atoms with Crippen molar-refractivity contribution in [3.8, 4) is 0 Å². The Morgan fingerprint density at radius 3 is 2.30 bits per heavy atom. The lowest BCUT2D eigenvalue weighted by molar-refractivity contribution is -0.149. The third-order valence-corrected chi connectivity index (χ3v) is 4.07. The zero-order chi connectivity index (χ0) is 15.0. The molecule has 5 heteroatoms. The number of carbonyl (C=O) groups excluding carboxylic acids is 1. The molecular weight excluding hydrogens is 254 g/mol. The van der Waals surface area contributed by atoms with Crippen molar-refractivity contribution < 1.29 is 9.53 Å². The van der Waals surface area contributed by atoms with Gasteiger partial charge < -0.3 is 20.3 Å². The molecule has 1 aliphatic heterocycles. The fraction of sp³-hybridized carbons (Fsp3) is 0.933. The van der Waals surface area contributed by atoms with E-state index >= 15 is 0 Å². The van der Waals surface area contributed by atoms with Gasteiger partial charge in [-0.15, -0.1) is 0 Å². The molecule has 5 nitrogen and oxygen atoms in total. The van der Waals surface area contributed by atoms with Gasteiger partial charge >= 0.3 is 5.97 Å². The third-order valence-electron chi connectivity index (χ3n) is 4.07. The zero-order valence-electron chi connectivity index (χ0n) is 13.4. The molecule has 1 saturated heterocycles. The number of piperazine rings is 1. The number of hydrogen-bond donors (Lipinski definition) is 1. The third kappa shape index (κ3) is 5.77. The van der Waals surface area contributed by atoms with E-state index < -0.39 is 5.54 Å². The van der Waals surface area contributed by atoms with Gasteiger partial charge in [-0.05, 0) is 46.2 Å². The molecule has 118 valence electrons. The van der Waals surface area contributed by atoms with E-state index in [4.69, 9.17) is 10.5 Å². The first-order valence-corrected chi connectivity index (χ1v) is 7.90. The number of nitrogens with two attached hydrogens (primary N) is 1. The summed E-state index contributed by atoms with van der Waals surface area (Å²) in [6.45, 7) is 13.1. The summed E-state index contributed by atoms with van der Waals surface area (Å²) in [4.78, 5) is 16.7. The fourth-order valence-electron chi connectivity index (χ4n) is 2.55. The van der Waals surface area contributed by atoms with Crippen LogP contribution in [0.1, 0.15) is 40.0 Å². The van der Waals surface area contributed by atoms with Crippen LogP contribution < -0.4 is 5.73 Å². The predicted molar refractivity (Wildman–Crippen MR) is 81.6 cm³/mol. The van der Waals surface area contributed by atoms with Gasteiger partial charge in [-0.3, -0.25) is 4.79 Å². The van der Waals surface area contributed by atoms with Crippen molar-refractivity contribution in [3.63, 3.8) is 0 Å². The maximum atomic E-state index is 11.7. The monoisotopic (exact) mass is 285 g/mol. The lowest BCUT2D eigenvalue weighted by atomic mass is 9.96. The second-order valence-corrected chi connectivity index (χ2v) is 5.87. The molecule has 0 aliphatic carbocycles. The summed E-state index contributed by atoms with van der Waals surface area (Å²) >= 11 is 0. The fourth-order valence-corrected chi connectivity index (χ4v) is 2.55. The molecule has 1 unspecified atom stereocenters.